The third-order valence-electron chi connectivity index (χ3n) is 3.59. The summed E-state index contributed by atoms with van der Waals surface area (Å²) in [6.45, 7) is 6.60. The minimum absolute atomic E-state index is 0.0711. The van der Waals surface area contributed by atoms with Crippen molar-refractivity contribution in [2.24, 2.45) is 0 Å². The Morgan fingerprint density at radius 3 is 2.27 bits per heavy atom. The number of hydrogen-bond acceptors (Lipinski definition) is 2. The van der Waals surface area contributed by atoms with E-state index in [0.29, 0.717) is 0 Å². The van der Waals surface area contributed by atoms with Crippen molar-refractivity contribution in [3.05, 3.63) is 57.9 Å². The number of benzene rings is 1. The molecule has 2 aromatic rings. The lowest BCUT2D eigenvalue weighted by Crippen LogP contribution is -2.23. The first-order valence-corrected chi connectivity index (χ1v) is 7.07. The number of pyridine rings is 1. The molecule has 0 saturated heterocycles. The van der Waals surface area contributed by atoms with Gasteiger partial charge in [-0.25, -0.2) is 0 Å². The molecule has 0 spiro atoms. The molecule has 0 bridgehead atoms. The summed E-state index contributed by atoms with van der Waals surface area (Å²) in [5, 5.41) is 8.98. The highest BCUT2D eigenvalue weighted by molar-refractivity contribution is 5.61. The highest BCUT2D eigenvalue weighted by atomic mass is 16.1. The molecule has 0 radical (unpaired) electrons. The van der Waals surface area contributed by atoms with Crippen LogP contribution in [0.4, 0.5) is 0 Å². The van der Waals surface area contributed by atoms with Crippen LogP contribution in [0.15, 0.2) is 41.2 Å². The summed E-state index contributed by atoms with van der Waals surface area (Å²) < 4.78 is 1.46. The number of nitrogens with zero attached hydrogens (tertiary/aromatic N) is 2. The number of hydrogen-bond donors (Lipinski definition) is 0. The van der Waals surface area contributed by atoms with Gasteiger partial charge in [-0.2, -0.15) is 5.26 Å². The standard InChI is InChI=1S/C19H18N2O/c1-5-12-21-17(11-8-15(13-20)18(21)22)14-6-9-16(10-7-14)19(2,3)4/h1,6-11H,12H2,2-4H3. The molecule has 0 aliphatic heterocycles. The maximum atomic E-state index is 12.3. The van der Waals surface area contributed by atoms with Crippen molar-refractivity contribution in [1.82, 2.24) is 4.57 Å². The summed E-state index contributed by atoms with van der Waals surface area (Å²) in [6, 6.07) is 13.3. The van der Waals surface area contributed by atoms with E-state index in [1.54, 1.807) is 12.1 Å². The van der Waals surface area contributed by atoms with Gasteiger partial charge in [0.25, 0.3) is 5.56 Å². The van der Waals surface area contributed by atoms with Gasteiger partial charge >= 0.3 is 0 Å². The van der Waals surface area contributed by atoms with Crippen molar-refractivity contribution < 1.29 is 0 Å². The maximum Gasteiger partial charge on any atom is 0.269 e. The number of aromatic nitrogens is 1. The van der Waals surface area contributed by atoms with Gasteiger partial charge in [-0.05, 0) is 28.7 Å². The molecule has 0 aliphatic carbocycles. The van der Waals surface area contributed by atoms with Gasteiger partial charge in [-0.15, -0.1) is 6.42 Å². The number of rotatable bonds is 2. The molecular weight excluding hydrogens is 272 g/mol. The summed E-state index contributed by atoms with van der Waals surface area (Å²) in [5.41, 5.74) is 2.67. The number of nitriles is 1. The average Bonchev–Trinajstić information content (AvgIpc) is 2.49. The van der Waals surface area contributed by atoms with E-state index >= 15 is 0 Å². The third-order valence-corrected chi connectivity index (χ3v) is 3.59. The topological polar surface area (TPSA) is 45.8 Å². The fraction of sp³-hybridized carbons (Fsp3) is 0.263. The van der Waals surface area contributed by atoms with Crippen molar-refractivity contribution in [3.63, 3.8) is 0 Å². The molecule has 3 heteroatoms. The second-order valence-corrected chi connectivity index (χ2v) is 6.17. The van der Waals surface area contributed by atoms with Gasteiger partial charge in [0.15, 0.2) is 0 Å². The summed E-state index contributed by atoms with van der Waals surface area (Å²) >= 11 is 0. The number of terminal acetylenes is 1. The third kappa shape index (κ3) is 2.95. The highest BCUT2D eigenvalue weighted by Gasteiger charge is 2.14. The van der Waals surface area contributed by atoms with Crippen LogP contribution in [-0.4, -0.2) is 4.57 Å². The zero-order chi connectivity index (χ0) is 16.3. The van der Waals surface area contributed by atoms with Crippen LogP contribution in [0.3, 0.4) is 0 Å². The van der Waals surface area contributed by atoms with E-state index in [4.69, 9.17) is 11.7 Å². The normalized spacial score (nSPS) is 10.8. The van der Waals surface area contributed by atoms with Crippen molar-refractivity contribution >= 4 is 0 Å². The largest absolute Gasteiger partial charge is 0.296 e. The summed E-state index contributed by atoms with van der Waals surface area (Å²) in [5.74, 6) is 2.48. The Bertz CT molecular complexity index is 822. The van der Waals surface area contributed by atoms with Gasteiger partial charge < -0.3 is 0 Å². The van der Waals surface area contributed by atoms with Gasteiger partial charge in [0.1, 0.15) is 11.6 Å². The second-order valence-electron chi connectivity index (χ2n) is 6.17. The molecule has 1 aromatic carbocycles. The summed E-state index contributed by atoms with van der Waals surface area (Å²) in [7, 11) is 0. The van der Waals surface area contributed by atoms with Crippen molar-refractivity contribution in [2.45, 2.75) is 32.7 Å². The quantitative estimate of drug-likeness (QED) is 0.796. The minimum Gasteiger partial charge on any atom is -0.296 e. The average molecular weight is 290 g/mol. The molecule has 0 N–H and O–H groups in total. The van der Waals surface area contributed by atoms with E-state index in [1.807, 2.05) is 18.2 Å². The lowest BCUT2D eigenvalue weighted by atomic mass is 9.86. The molecule has 0 fully saturated rings. The first-order valence-electron chi connectivity index (χ1n) is 7.07. The van der Waals surface area contributed by atoms with Crippen LogP contribution in [0.2, 0.25) is 0 Å². The van der Waals surface area contributed by atoms with Gasteiger partial charge in [-0.1, -0.05) is 51.0 Å². The second kappa shape index (κ2) is 5.92. The van der Waals surface area contributed by atoms with Crippen LogP contribution in [0.25, 0.3) is 11.3 Å². The van der Waals surface area contributed by atoms with E-state index < -0.39 is 0 Å². The molecule has 0 atom stereocenters. The van der Waals surface area contributed by atoms with E-state index in [1.165, 1.54) is 10.1 Å². The van der Waals surface area contributed by atoms with E-state index in [2.05, 4.69) is 38.8 Å². The Morgan fingerprint density at radius 1 is 1.14 bits per heavy atom. The fourth-order valence-corrected chi connectivity index (χ4v) is 2.30. The smallest absolute Gasteiger partial charge is 0.269 e. The highest BCUT2D eigenvalue weighted by Crippen LogP contribution is 2.25. The Balaban J connectivity index is 2.58. The summed E-state index contributed by atoms with van der Waals surface area (Å²) in [6.07, 6.45) is 5.36. The Hall–Kier alpha value is -2.78. The molecule has 2 rings (SSSR count). The first-order chi connectivity index (χ1) is 10.4. The van der Waals surface area contributed by atoms with Crippen molar-refractivity contribution in [3.8, 4) is 29.7 Å². The molecule has 0 aliphatic rings. The van der Waals surface area contributed by atoms with E-state index in [9.17, 15) is 4.79 Å². The van der Waals surface area contributed by atoms with Crippen LogP contribution in [-0.2, 0) is 12.0 Å². The zero-order valence-electron chi connectivity index (χ0n) is 13.1. The minimum atomic E-state index is -0.349. The zero-order valence-corrected chi connectivity index (χ0v) is 13.1. The maximum absolute atomic E-state index is 12.3. The van der Waals surface area contributed by atoms with Crippen LogP contribution < -0.4 is 5.56 Å². The van der Waals surface area contributed by atoms with Crippen LogP contribution in [0.1, 0.15) is 31.9 Å². The molecule has 22 heavy (non-hydrogen) atoms. The van der Waals surface area contributed by atoms with Gasteiger partial charge in [-0.3, -0.25) is 9.36 Å². The molecule has 0 saturated carbocycles. The SMILES string of the molecule is C#CCn1c(-c2ccc(C(C)(C)C)cc2)ccc(C#N)c1=O. The molecule has 3 nitrogen and oxygen atoms in total. The van der Waals surface area contributed by atoms with E-state index in [-0.39, 0.29) is 23.1 Å². The molecule has 1 heterocycles. The Morgan fingerprint density at radius 2 is 1.77 bits per heavy atom. The predicted molar refractivity (Wildman–Crippen MR) is 88.4 cm³/mol. The van der Waals surface area contributed by atoms with E-state index in [0.717, 1.165) is 11.3 Å². The lowest BCUT2D eigenvalue weighted by molar-refractivity contribution is 0.590. The Labute approximate surface area is 130 Å². The van der Waals surface area contributed by atoms with Crippen LogP contribution in [0.5, 0.6) is 0 Å². The molecule has 1 aromatic heterocycles. The van der Waals surface area contributed by atoms with Crippen LogP contribution in [0, 0.1) is 23.7 Å². The van der Waals surface area contributed by atoms with Gasteiger partial charge in [0.05, 0.1) is 12.2 Å². The lowest BCUT2D eigenvalue weighted by Gasteiger charge is -2.19. The molecular formula is C19H18N2O. The van der Waals surface area contributed by atoms with Crippen LogP contribution >= 0.6 is 0 Å². The molecule has 0 amide bonds. The van der Waals surface area contributed by atoms with Gasteiger partial charge in [0, 0.05) is 0 Å². The molecule has 110 valence electrons. The van der Waals surface area contributed by atoms with Crippen molar-refractivity contribution in [2.75, 3.05) is 0 Å². The Kier molecular flexibility index (Phi) is 4.20. The first kappa shape index (κ1) is 15.6. The van der Waals surface area contributed by atoms with Crippen molar-refractivity contribution in [1.29, 1.82) is 5.26 Å². The monoisotopic (exact) mass is 290 g/mol. The molecule has 0 unspecified atom stereocenters. The summed E-state index contributed by atoms with van der Waals surface area (Å²) in [4.78, 5) is 12.3. The fourth-order valence-electron chi connectivity index (χ4n) is 2.30. The predicted octanol–water partition coefficient (Wildman–Crippen LogP) is 3.32. The van der Waals surface area contributed by atoms with Gasteiger partial charge in [0.2, 0.25) is 0 Å².